The molecule has 0 fully saturated rings. The summed E-state index contributed by atoms with van der Waals surface area (Å²) < 4.78 is 28.0. The molecule has 0 unspecified atom stereocenters. The Bertz CT molecular complexity index is 928. The maximum Gasteiger partial charge on any atom is 0.340 e. The Morgan fingerprint density at radius 2 is 1.84 bits per heavy atom. The zero-order valence-electron chi connectivity index (χ0n) is 13.0. The van der Waals surface area contributed by atoms with E-state index in [0.29, 0.717) is 10.7 Å². The first-order chi connectivity index (χ1) is 11.7. The summed E-state index contributed by atoms with van der Waals surface area (Å²) in [7, 11) is -3.51. The molecule has 1 N–H and O–H groups in total. The van der Waals surface area contributed by atoms with Crippen LogP contribution in [0.25, 0.3) is 0 Å². The van der Waals surface area contributed by atoms with Crippen molar-refractivity contribution in [3.05, 3.63) is 58.1 Å². The van der Waals surface area contributed by atoms with Gasteiger partial charge in [0, 0.05) is 17.0 Å². The second-order valence-corrected chi connectivity index (χ2v) is 7.91. The summed E-state index contributed by atoms with van der Waals surface area (Å²) in [5.41, 5.74) is 0.311. The fraction of sp³-hybridized carbons (Fsp3) is 0.125. The molecule has 0 aromatic heterocycles. The first-order valence-electron chi connectivity index (χ1n) is 6.89. The first kappa shape index (κ1) is 19.2. The fourth-order valence-corrected chi connectivity index (χ4v) is 2.90. The van der Waals surface area contributed by atoms with E-state index >= 15 is 0 Å². The minimum atomic E-state index is -3.51. The van der Waals surface area contributed by atoms with Crippen molar-refractivity contribution in [3.63, 3.8) is 0 Å². The topological polar surface area (TPSA) is 89.5 Å². The van der Waals surface area contributed by atoms with E-state index in [-0.39, 0.29) is 15.5 Å². The van der Waals surface area contributed by atoms with Gasteiger partial charge < -0.3 is 10.1 Å². The minimum absolute atomic E-state index is 0.0210. The second kappa shape index (κ2) is 7.86. The average Bonchev–Trinajstić information content (AvgIpc) is 2.52. The number of esters is 1. The quantitative estimate of drug-likeness (QED) is 0.776. The van der Waals surface area contributed by atoms with Crippen molar-refractivity contribution in [2.75, 3.05) is 18.2 Å². The number of ether oxygens (including phenoxy) is 1. The molecule has 0 bridgehead atoms. The van der Waals surface area contributed by atoms with Crippen molar-refractivity contribution in [1.82, 2.24) is 0 Å². The molecule has 25 heavy (non-hydrogen) atoms. The van der Waals surface area contributed by atoms with E-state index < -0.39 is 28.3 Å². The minimum Gasteiger partial charge on any atom is -0.452 e. The van der Waals surface area contributed by atoms with Crippen LogP contribution in [0.15, 0.2) is 47.4 Å². The summed E-state index contributed by atoms with van der Waals surface area (Å²) in [5.74, 6) is -1.48. The monoisotopic (exact) mass is 401 g/mol. The third kappa shape index (κ3) is 5.45. The van der Waals surface area contributed by atoms with Crippen LogP contribution in [-0.2, 0) is 19.4 Å². The Kier molecular flexibility index (Phi) is 6.05. The molecule has 0 aliphatic rings. The summed E-state index contributed by atoms with van der Waals surface area (Å²) in [6.07, 6.45) is 1.00. The number of benzene rings is 2. The fourth-order valence-electron chi connectivity index (χ4n) is 1.86. The Morgan fingerprint density at radius 3 is 2.48 bits per heavy atom. The average molecular weight is 402 g/mol. The van der Waals surface area contributed by atoms with E-state index in [1.165, 1.54) is 18.2 Å². The number of hydrogen-bond acceptors (Lipinski definition) is 5. The number of sulfone groups is 1. The molecule has 0 radical (unpaired) electrons. The highest BCUT2D eigenvalue weighted by Crippen LogP contribution is 2.21. The number of hydrogen-bond donors (Lipinski definition) is 1. The highest BCUT2D eigenvalue weighted by atomic mass is 35.5. The number of rotatable bonds is 5. The summed E-state index contributed by atoms with van der Waals surface area (Å²) in [5, 5.41) is 2.97. The number of carbonyl (C=O) groups excluding carboxylic acids is 2. The third-order valence-corrected chi connectivity index (χ3v) is 4.70. The van der Waals surface area contributed by atoms with E-state index in [0.717, 1.165) is 12.3 Å². The normalized spacial score (nSPS) is 11.0. The van der Waals surface area contributed by atoms with Crippen LogP contribution < -0.4 is 5.32 Å². The van der Waals surface area contributed by atoms with Gasteiger partial charge >= 0.3 is 5.97 Å². The van der Waals surface area contributed by atoms with Gasteiger partial charge in [-0.15, -0.1) is 0 Å². The summed E-state index contributed by atoms with van der Waals surface area (Å²) in [6.45, 7) is -0.565. The molecular formula is C16H13Cl2NO5S. The molecule has 0 spiro atoms. The molecular weight excluding hydrogens is 389 g/mol. The maximum atomic E-state index is 12.1. The van der Waals surface area contributed by atoms with Crippen molar-refractivity contribution in [3.8, 4) is 0 Å². The lowest BCUT2D eigenvalue weighted by Gasteiger charge is -2.09. The van der Waals surface area contributed by atoms with E-state index in [1.54, 1.807) is 18.2 Å². The number of carbonyl (C=O) groups is 2. The summed E-state index contributed by atoms with van der Waals surface area (Å²) in [4.78, 5) is 23.8. The van der Waals surface area contributed by atoms with Gasteiger partial charge in [0.15, 0.2) is 16.4 Å². The zero-order valence-corrected chi connectivity index (χ0v) is 15.3. The molecule has 1 amide bonds. The Hall–Kier alpha value is -2.09. The summed E-state index contributed by atoms with van der Waals surface area (Å²) in [6, 6.07) is 10.1. The third-order valence-electron chi connectivity index (χ3n) is 3.03. The smallest absolute Gasteiger partial charge is 0.340 e. The number of halogens is 2. The standard InChI is InChI=1S/C16H13Cl2NO5S/c1-25(22,23)12-5-6-14(18)13(8-12)16(21)24-9-15(20)19-11-4-2-3-10(17)7-11/h2-8H,9H2,1H3,(H,19,20). The number of anilines is 1. The van der Waals surface area contributed by atoms with Crippen LogP contribution in [0.1, 0.15) is 10.4 Å². The van der Waals surface area contributed by atoms with E-state index in [2.05, 4.69) is 5.32 Å². The van der Waals surface area contributed by atoms with Gasteiger partial charge in [-0.2, -0.15) is 0 Å². The zero-order chi connectivity index (χ0) is 18.6. The lowest BCUT2D eigenvalue weighted by Crippen LogP contribution is -2.21. The van der Waals surface area contributed by atoms with E-state index in [4.69, 9.17) is 27.9 Å². The predicted molar refractivity (Wildman–Crippen MR) is 94.9 cm³/mol. The van der Waals surface area contributed by atoms with Crippen LogP contribution in [0.4, 0.5) is 5.69 Å². The van der Waals surface area contributed by atoms with Crippen molar-refractivity contribution in [2.45, 2.75) is 4.90 Å². The van der Waals surface area contributed by atoms with Crippen LogP contribution in [0.2, 0.25) is 10.0 Å². The van der Waals surface area contributed by atoms with Crippen LogP contribution in [-0.4, -0.2) is 33.2 Å². The van der Waals surface area contributed by atoms with Crippen LogP contribution in [0.3, 0.4) is 0 Å². The lowest BCUT2D eigenvalue weighted by molar-refractivity contribution is -0.119. The molecule has 0 aliphatic carbocycles. The van der Waals surface area contributed by atoms with E-state index in [1.807, 2.05) is 0 Å². The van der Waals surface area contributed by atoms with Crippen molar-refractivity contribution < 1.29 is 22.7 Å². The van der Waals surface area contributed by atoms with Crippen molar-refractivity contribution >= 4 is 50.6 Å². The first-order valence-corrected chi connectivity index (χ1v) is 9.54. The number of nitrogens with one attached hydrogen (secondary N) is 1. The lowest BCUT2D eigenvalue weighted by atomic mass is 10.2. The van der Waals surface area contributed by atoms with Gasteiger partial charge in [0.25, 0.3) is 5.91 Å². The molecule has 0 atom stereocenters. The molecule has 0 aliphatic heterocycles. The second-order valence-electron chi connectivity index (χ2n) is 5.05. The van der Waals surface area contributed by atoms with Crippen LogP contribution >= 0.6 is 23.2 Å². The van der Waals surface area contributed by atoms with Crippen LogP contribution in [0, 0.1) is 0 Å². The van der Waals surface area contributed by atoms with Crippen molar-refractivity contribution in [2.24, 2.45) is 0 Å². The molecule has 132 valence electrons. The molecule has 0 heterocycles. The highest BCUT2D eigenvalue weighted by Gasteiger charge is 2.17. The molecule has 0 saturated carbocycles. The van der Waals surface area contributed by atoms with Gasteiger partial charge in [0.05, 0.1) is 15.5 Å². The molecule has 9 heteroatoms. The van der Waals surface area contributed by atoms with Gasteiger partial charge in [-0.25, -0.2) is 13.2 Å². The van der Waals surface area contributed by atoms with Gasteiger partial charge in [0.2, 0.25) is 0 Å². The van der Waals surface area contributed by atoms with Gasteiger partial charge in [-0.3, -0.25) is 4.79 Å². The largest absolute Gasteiger partial charge is 0.452 e. The molecule has 2 rings (SSSR count). The van der Waals surface area contributed by atoms with Crippen LogP contribution in [0.5, 0.6) is 0 Å². The molecule has 2 aromatic carbocycles. The molecule has 6 nitrogen and oxygen atoms in total. The predicted octanol–water partition coefficient (Wildman–Crippen LogP) is 3.19. The maximum absolute atomic E-state index is 12.1. The van der Waals surface area contributed by atoms with Gasteiger partial charge in [-0.05, 0) is 36.4 Å². The van der Waals surface area contributed by atoms with Gasteiger partial charge in [0.1, 0.15) is 0 Å². The van der Waals surface area contributed by atoms with Gasteiger partial charge in [-0.1, -0.05) is 29.3 Å². The number of amides is 1. The summed E-state index contributed by atoms with van der Waals surface area (Å²) >= 11 is 11.7. The van der Waals surface area contributed by atoms with Crippen molar-refractivity contribution in [1.29, 1.82) is 0 Å². The Balaban J connectivity index is 2.04. The highest BCUT2D eigenvalue weighted by molar-refractivity contribution is 7.90. The SMILES string of the molecule is CS(=O)(=O)c1ccc(Cl)c(C(=O)OCC(=O)Nc2cccc(Cl)c2)c1. The Labute approximate surface area is 154 Å². The Morgan fingerprint density at radius 1 is 1.12 bits per heavy atom. The van der Waals surface area contributed by atoms with E-state index in [9.17, 15) is 18.0 Å². The molecule has 2 aromatic rings. The molecule has 0 saturated heterocycles.